The molecule has 1 aromatic carbocycles. The van der Waals surface area contributed by atoms with Gasteiger partial charge in [-0.2, -0.15) is 0 Å². The lowest BCUT2D eigenvalue weighted by molar-refractivity contribution is 0.171. The minimum atomic E-state index is 0.403. The third-order valence-corrected chi connectivity index (χ3v) is 3.19. The molecule has 0 saturated carbocycles. The first-order valence-electron chi connectivity index (χ1n) is 7.11. The maximum absolute atomic E-state index is 5.58. The van der Waals surface area contributed by atoms with Gasteiger partial charge in [-0.1, -0.05) is 6.07 Å². The Hall–Kier alpha value is -1.30. The summed E-state index contributed by atoms with van der Waals surface area (Å²) in [6, 6.07) is 6.51. The van der Waals surface area contributed by atoms with Crippen LogP contribution in [-0.2, 0) is 11.3 Å². The standard InChI is InChI=1S/C15H24N2O3/c1-12(10-16-5-6-18-2)17-11-13-3-4-14-15(9-13)20-8-7-19-14/h3-4,9,12,16-17H,5-8,10-11H2,1-2H3. The number of ether oxygens (including phenoxy) is 3. The molecule has 2 N–H and O–H groups in total. The fraction of sp³-hybridized carbons (Fsp3) is 0.600. The normalized spacial score (nSPS) is 15.1. The smallest absolute Gasteiger partial charge is 0.161 e. The summed E-state index contributed by atoms with van der Waals surface area (Å²) in [5.41, 5.74) is 1.21. The van der Waals surface area contributed by atoms with Gasteiger partial charge in [-0.15, -0.1) is 0 Å². The molecule has 0 aromatic heterocycles. The molecule has 0 bridgehead atoms. The highest BCUT2D eigenvalue weighted by atomic mass is 16.6. The van der Waals surface area contributed by atoms with Gasteiger partial charge in [-0.3, -0.25) is 0 Å². The first kappa shape index (κ1) is 15.1. The number of methoxy groups -OCH3 is 1. The van der Waals surface area contributed by atoms with E-state index in [2.05, 4.69) is 23.6 Å². The highest BCUT2D eigenvalue weighted by Gasteiger charge is 2.11. The average Bonchev–Trinajstić information content (AvgIpc) is 2.49. The van der Waals surface area contributed by atoms with Crippen molar-refractivity contribution in [1.82, 2.24) is 10.6 Å². The predicted molar refractivity (Wildman–Crippen MR) is 78.5 cm³/mol. The zero-order chi connectivity index (χ0) is 14.2. The molecule has 20 heavy (non-hydrogen) atoms. The van der Waals surface area contributed by atoms with Crippen LogP contribution in [0.15, 0.2) is 18.2 Å². The molecular weight excluding hydrogens is 256 g/mol. The molecule has 1 atom stereocenters. The Morgan fingerprint density at radius 2 is 2.05 bits per heavy atom. The number of nitrogens with one attached hydrogen (secondary N) is 2. The van der Waals surface area contributed by atoms with Crippen molar-refractivity contribution in [2.75, 3.05) is 40.0 Å². The monoisotopic (exact) mass is 280 g/mol. The van der Waals surface area contributed by atoms with Crippen LogP contribution in [0.3, 0.4) is 0 Å². The fourth-order valence-corrected chi connectivity index (χ4v) is 2.05. The van der Waals surface area contributed by atoms with E-state index in [4.69, 9.17) is 14.2 Å². The zero-order valence-electron chi connectivity index (χ0n) is 12.3. The van der Waals surface area contributed by atoms with Crippen molar-refractivity contribution < 1.29 is 14.2 Å². The SMILES string of the molecule is COCCNCC(C)NCc1ccc2c(c1)OCCO2. The van der Waals surface area contributed by atoms with E-state index in [1.165, 1.54) is 5.56 Å². The van der Waals surface area contributed by atoms with E-state index in [1.54, 1.807) is 7.11 Å². The van der Waals surface area contributed by atoms with E-state index >= 15 is 0 Å². The van der Waals surface area contributed by atoms with Crippen LogP contribution in [0.2, 0.25) is 0 Å². The van der Waals surface area contributed by atoms with Crippen LogP contribution < -0.4 is 20.1 Å². The van der Waals surface area contributed by atoms with Gasteiger partial charge in [0.05, 0.1) is 6.61 Å². The Labute approximate surface area is 120 Å². The van der Waals surface area contributed by atoms with Crippen LogP contribution in [0.5, 0.6) is 11.5 Å². The van der Waals surface area contributed by atoms with Crippen LogP contribution >= 0.6 is 0 Å². The van der Waals surface area contributed by atoms with Crippen LogP contribution in [-0.4, -0.2) is 46.1 Å². The summed E-state index contributed by atoms with van der Waals surface area (Å²) < 4.78 is 16.1. The molecule has 0 aliphatic carbocycles. The highest BCUT2D eigenvalue weighted by Crippen LogP contribution is 2.30. The van der Waals surface area contributed by atoms with Gasteiger partial charge in [-0.05, 0) is 24.6 Å². The van der Waals surface area contributed by atoms with Gasteiger partial charge in [0, 0.05) is 32.8 Å². The van der Waals surface area contributed by atoms with E-state index in [0.29, 0.717) is 19.3 Å². The number of benzene rings is 1. The van der Waals surface area contributed by atoms with Crippen molar-refractivity contribution in [1.29, 1.82) is 0 Å². The van der Waals surface area contributed by atoms with Gasteiger partial charge in [-0.25, -0.2) is 0 Å². The Morgan fingerprint density at radius 1 is 1.25 bits per heavy atom. The molecule has 0 spiro atoms. The molecule has 5 heteroatoms. The largest absolute Gasteiger partial charge is 0.486 e. The fourth-order valence-electron chi connectivity index (χ4n) is 2.05. The van der Waals surface area contributed by atoms with Gasteiger partial charge in [0.2, 0.25) is 0 Å². The topological polar surface area (TPSA) is 51.8 Å². The molecule has 5 nitrogen and oxygen atoms in total. The van der Waals surface area contributed by atoms with Crippen molar-refractivity contribution >= 4 is 0 Å². The van der Waals surface area contributed by atoms with Crippen LogP contribution in [0.25, 0.3) is 0 Å². The second-order valence-electron chi connectivity index (χ2n) is 4.96. The summed E-state index contributed by atoms with van der Waals surface area (Å²) in [6.45, 7) is 6.80. The third-order valence-electron chi connectivity index (χ3n) is 3.19. The molecule has 0 fully saturated rings. The van der Waals surface area contributed by atoms with Crippen LogP contribution in [0.1, 0.15) is 12.5 Å². The summed E-state index contributed by atoms with van der Waals surface area (Å²) in [7, 11) is 1.71. The Morgan fingerprint density at radius 3 is 2.85 bits per heavy atom. The molecule has 0 amide bonds. The number of fused-ring (bicyclic) bond motifs is 1. The molecule has 0 radical (unpaired) electrons. The second kappa shape index (κ2) is 8.09. The minimum absolute atomic E-state index is 0.403. The van der Waals surface area contributed by atoms with Crippen molar-refractivity contribution in [2.45, 2.75) is 19.5 Å². The second-order valence-corrected chi connectivity index (χ2v) is 4.96. The maximum Gasteiger partial charge on any atom is 0.161 e. The lowest BCUT2D eigenvalue weighted by Gasteiger charge is -2.20. The molecule has 112 valence electrons. The van der Waals surface area contributed by atoms with E-state index in [0.717, 1.165) is 37.7 Å². The summed E-state index contributed by atoms with van der Waals surface area (Å²) in [5, 5.41) is 6.82. The molecule has 1 aliphatic rings. The van der Waals surface area contributed by atoms with Crippen LogP contribution in [0.4, 0.5) is 0 Å². The van der Waals surface area contributed by atoms with Crippen molar-refractivity contribution in [3.05, 3.63) is 23.8 Å². The van der Waals surface area contributed by atoms with Crippen molar-refractivity contribution in [2.24, 2.45) is 0 Å². The first-order chi connectivity index (χ1) is 9.79. The summed E-state index contributed by atoms with van der Waals surface area (Å²) in [5.74, 6) is 1.69. The average molecular weight is 280 g/mol. The number of hydrogen-bond donors (Lipinski definition) is 2. The summed E-state index contributed by atoms with van der Waals surface area (Å²) in [6.07, 6.45) is 0. The van der Waals surface area contributed by atoms with E-state index in [-0.39, 0.29) is 0 Å². The van der Waals surface area contributed by atoms with Crippen LogP contribution in [0, 0.1) is 0 Å². The Bertz CT molecular complexity index is 412. The number of hydrogen-bond acceptors (Lipinski definition) is 5. The number of rotatable bonds is 8. The Balaban J connectivity index is 1.73. The molecule has 1 unspecified atom stereocenters. The zero-order valence-corrected chi connectivity index (χ0v) is 12.3. The van der Waals surface area contributed by atoms with E-state index in [1.807, 2.05) is 12.1 Å². The molecule has 1 heterocycles. The van der Waals surface area contributed by atoms with Gasteiger partial charge in [0.15, 0.2) is 11.5 Å². The Kier molecular flexibility index (Phi) is 6.11. The quantitative estimate of drug-likeness (QED) is 0.700. The highest BCUT2D eigenvalue weighted by molar-refractivity contribution is 5.43. The lowest BCUT2D eigenvalue weighted by atomic mass is 10.2. The first-order valence-corrected chi connectivity index (χ1v) is 7.11. The third kappa shape index (κ3) is 4.67. The van der Waals surface area contributed by atoms with Gasteiger partial charge < -0.3 is 24.8 Å². The van der Waals surface area contributed by atoms with Crippen molar-refractivity contribution in [3.63, 3.8) is 0 Å². The van der Waals surface area contributed by atoms with Gasteiger partial charge in [0.1, 0.15) is 13.2 Å². The van der Waals surface area contributed by atoms with E-state index in [9.17, 15) is 0 Å². The molecular formula is C15H24N2O3. The molecule has 0 saturated heterocycles. The molecule has 1 aromatic rings. The van der Waals surface area contributed by atoms with E-state index < -0.39 is 0 Å². The predicted octanol–water partition coefficient (Wildman–Crippen LogP) is 1.17. The minimum Gasteiger partial charge on any atom is -0.486 e. The maximum atomic E-state index is 5.58. The molecule has 2 rings (SSSR count). The summed E-state index contributed by atoms with van der Waals surface area (Å²) in [4.78, 5) is 0. The van der Waals surface area contributed by atoms with Crippen molar-refractivity contribution in [3.8, 4) is 11.5 Å². The van der Waals surface area contributed by atoms with Gasteiger partial charge in [0.25, 0.3) is 0 Å². The lowest BCUT2D eigenvalue weighted by Crippen LogP contribution is -2.37. The van der Waals surface area contributed by atoms with Gasteiger partial charge >= 0.3 is 0 Å². The summed E-state index contributed by atoms with van der Waals surface area (Å²) >= 11 is 0. The molecule has 1 aliphatic heterocycles.